The minimum atomic E-state index is -0.570. The van der Waals surface area contributed by atoms with Crippen LogP contribution in [0, 0.1) is 5.92 Å². The fourth-order valence-corrected chi connectivity index (χ4v) is 4.51. The first-order valence-corrected chi connectivity index (χ1v) is 10.5. The maximum Gasteiger partial charge on any atom is 0.252 e. The van der Waals surface area contributed by atoms with E-state index in [-0.39, 0.29) is 29.1 Å². The van der Waals surface area contributed by atoms with Gasteiger partial charge >= 0.3 is 0 Å². The highest BCUT2D eigenvalue weighted by molar-refractivity contribution is 5.97. The van der Waals surface area contributed by atoms with Crippen molar-refractivity contribution < 1.29 is 9.59 Å². The number of piperidine rings is 2. The zero-order chi connectivity index (χ0) is 21.1. The molecular weight excluding hydrogens is 380 g/mol. The molecule has 4 rings (SSSR count). The van der Waals surface area contributed by atoms with Gasteiger partial charge in [0.05, 0.1) is 11.5 Å². The van der Waals surface area contributed by atoms with Gasteiger partial charge in [0.25, 0.3) is 5.91 Å². The monoisotopic (exact) mass is 408 g/mol. The molecule has 30 heavy (non-hydrogen) atoms. The van der Waals surface area contributed by atoms with Gasteiger partial charge in [-0.25, -0.2) is 9.97 Å². The normalized spacial score (nSPS) is 20.2. The summed E-state index contributed by atoms with van der Waals surface area (Å²) in [6.45, 7) is 3.09. The summed E-state index contributed by atoms with van der Waals surface area (Å²) in [4.78, 5) is 37.5. The van der Waals surface area contributed by atoms with E-state index in [9.17, 15) is 9.59 Å². The van der Waals surface area contributed by atoms with Gasteiger partial charge in [-0.2, -0.15) is 0 Å². The summed E-state index contributed by atoms with van der Waals surface area (Å²) in [6.07, 6.45) is 5.39. The Labute approximate surface area is 176 Å². The number of anilines is 2. The van der Waals surface area contributed by atoms with Gasteiger partial charge in [0, 0.05) is 44.0 Å². The minimum Gasteiger partial charge on any atom is -0.383 e. The van der Waals surface area contributed by atoms with Crippen LogP contribution in [0.15, 0.2) is 36.5 Å². The Bertz CT molecular complexity index is 911. The molecule has 2 saturated heterocycles. The molecule has 1 atom stereocenters. The first-order chi connectivity index (χ1) is 14.5. The van der Waals surface area contributed by atoms with E-state index in [0.717, 1.165) is 50.3 Å². The summed E-state index contributed by atoms with van der Waals surface area (Å²) in [7, 11) is 0. The topological polar surface area (TPSA) is 118 Å². The number of carbonyl (C=O) groups excluding carboxylic acids is 2. The second kappa shape index (κ2) is 8.69. The van der Waals surface area contributed by atoms with Crippen molar-refractivity contribution in [3.05, 3.63) is 47.8 Å². The molecule has 2 aliphatic rings. The average Bonchev–Trinajstić information content (AvgIpc) is 2.79. The van der Waals surface area contributed by atoms with Crippen molar-refractivity contribution in [1.29, 1.82) is 0 Å². The van der Waals surface area contributed by atoms with Crippen LogP contribution in [-0.4, -0.2) is 52.9 Å². The maximum absolute atomic E-state index is 13.1. The number of nitrogen functional groups attached to an aromatic ring is 1. The Morgan fingerprint density at radius 2 is 1.83 bits per heavy atom. The van der Waals surface area contributed by atoms with Gasteiger partial charge in [0.15, 0.2) is 0 Å². The predicted octanol–water partition coefficient (Wildman–Crippen LogP) is 1.78. The Morgan fingerprint density at radius 1 is 1.03 bits per heavy atom. The average molecular weight is 409 g/mol. The molecule has 2 aromatic heterocycles. The van der Waals surface area contributed by atoms with Crippen LogP contribution in [0.1, 0.15) is 47.7 Å². The molecule has 4 N–H and O–H groups in total. The zero-order valence-electron chi connectivity index (χ0n) is 17.0. The highest BCUT2D eigenvalue weighted by Crippen LogP contribution is 2.30. The van der Waals surface area contributed by atoms with Crippen LogP contribution >= 0.6 is 0 Å². The quantitative estimate of drug-likeness (QED) is 0.796. The molecule has 0 unspecified atom stereocenters. The van der Waals surface area contributed by atoms with Gasteiger partial charge in [-0.15, -0.1) is 0 Å². The minimum absolute atomic E-state index is 0.0147. The maximum atomic E-state index is 13.1. The lowest BCUT2D eigenvalue weighted by atomic mass is 9.90. The Hall–Kier alpha value is -3.16. The van der Waals surface area contributed by atoms with Crippen LogP contribution < -0.4 is 16.4 Å². The fourth-order valence-electron chi connectivity index (χ4n) is 4.51. The van der Waals surface area contributed by atoms with E-state index >= 15 is 0 Å². The Kier molecular flexibility index (Phi) is 5.83. The van der Waals surface area contributed by atoms with Gasteiger partial charge in [0.1, 0.15) is 11.6 Å². The number of hydrogen-bond donors (Lipinski definition) is 2. The van der Waals surface area contributed by atoms with E-state index in [1.54, 1.807) is 12.3 Å². The second-order valence-corrected chi connectivity index (χ2v) is 8.11. The van der Waals surface area contributed by atoms with Crippen molar-refractivity contribution in [3.63, 3.8) is 0 Å². The number of aromatic nitrogens is 2. The summed E-state index contributed by atoms with van der Waals surface area (Å²) in [6, 6.07) is 9.36. The van der Waals surface area contributed by atoms with Gasteiger partial charge < -0.3 is 21.3 Å². The molecule has 8 heteroatoms. The summed E-state index contributed by atoms with van der Waals surface area (Å²) in [5.74, 6) is 1.03. The molecule has 158 valence electrons. The molecule has 0 bridgehead atoms. The largest absolute Gasteiger partial charge is 0.383 e. The van der Waals surface area contributed by atoms with E-state index in [1.165, 1.54) is 0 Å². The number of amides is 2. The molecular formula is C22H28N6O2. The third-order valence-electron chi connectivity index (χ3n) is 6.18. The highest BCUT2D eigenvalue weighted by Gasteiger charge is 2.32. The number of rotatable bonds is 4. The van der Waals surface area contributed by atoms with Gasteiger partial charge in [-0.05, 0) is 49.9 Å². The van der Waals surface area contributed by atoms with E-state index in [4.69, 9.17) is 11.5 Å². The third-order valence-corrected chi connectivity index (χ3v) is 6.18. The number of primary amides is 1. The van der Waals surface area contributed by atoms with E-state index in [1.807, 2.05) is 29.2 Å². The van der Waals surface area contributed by atoms with Gasteiger partial charge in [0.2, 0.25) is 5.91 Å². The molecule has 0 saturated carbocycles. The molecule has 2 amide bonds. The number of carbonyl (C=O) groups is 2. The summed E-state index contributed by atoms with van der Waals surface area (Å²) >= 11 is 0. The number of pyridine rings is 2. The van der Waals surface area contributed by atoms with E-state index in [0.29, 0.717) is 13.1 Å². The molecule has 0 aromatic carbocycles. The summed E-state index contributed by atoms with van der Waals surface area (Å²) in [5, 5.41) is 0. The van der Waals surface area contributed by atoms with Crippen LogP contribution in [0.25, 0.3) is 0 Å². The Balaban J connectivity index is 1.35. The van der Waals surface area contributed by atoms with Crippen LogP contribution in [0.2, 0.25) is 0 Å². The van der Waals surface area contributed by atoms with Crippen molar-refractivity contribution in [2.75, 3.05) is 36.8 Å². The standard InChI is InChI=1S/C22H28N6O2/c23-20-17(21(24)29)6-7-18(26-20)15-8-12-27(13-9-15)22(30)16-4-3-11-28(14-16)19-5-1-2-10-25-19/h1-2,5-7,10,15-16H,3-4,8-9,11-14H2,(H2,23,26)(H2,24,29)/t16-/m1/s1. The number of likely N-dealkylation sites (tertiary alicyclic amines) is 1. The molecule has 2 fully saturated rings. The van der Waals surface area contributed by atoms with Crippen LogP contribution in [0.5, 0.6) is 0 Å². The van der Waals surface area contributed by atoms with Crippen molar-refractivity contribution in [2.24, 2.45) is 11.7 Å². The van der Waals surface area contributed by atoms with Crippen LogP contribution in [-0.2, 0) is 4.79 Å². The number of hydrogen-bond acceptors (Lipinski definition) is 6. The van der Waals surface area contributed by atoms with E-state index in [2.05, 4.69) is 14.9 Å². The second-order valence-electron chi connectivity index (χ2n) is 8.11. The van der Waals surface area contributed by atoms with Crippen LogP contribution in [0.3, 0.4) is 0 Å². The van der Waals surface area contributed by atoms with Crippen molar-refractivity contribution in [1.82, 2.24) is 14.9 Å². The molecule has 0 aliphatic carbocycles. The molecule has 4 heterocycles. The first-order valence-electron chi connectivity index (χ1n) is 10.5. The predicted molar refractivity (Wildman–Crippen MR) is 115 cm³/mol. The van der Waals surface area contributed by atoms with Crippen molar-refractivity contribution in [2.45, 2.75) is 31.6 Å². The SMILES string of the molecule is NC(=O)c1ccc(C2CCN(C(=O)[C@@H]3CCCN(c4ccccn4)C3)CC2)nc1N. The smallest absolute Gasteiger partial charge is 0.252 e. The fraction of sp³-hybridized carbons (Fsp3) is 0.455. The van der Waals surface area contributed by atoms with E-state index < -0.39 is 5.91 Å². The van der Waals surface area contributed by atoms with Gasteiger partial charge in [-0.3, -0.25) is 9.59 Å². The number of nitrogens with zero attached hydrogens (tertiary/aromatic N) is 4. The summed E-state index contributed by atoms with van der Waals surface area (Å²) in [5.41, 5.74) is 12.3. The Morgan fingerprint density at radius 3 is 2.50 bits per heavy atom. The summed E-state index contributed by atoms with van der Waals surface area (Å²) < 4.78 is 0. The van der Waals surface area contributed by atoms with Crippen LogP contribution in [0.4, 0.5) is 11.6 Å². The van der Waals surface area contributed by atoms with Crippen molar-refractivity contribution >= 4 is 23.5 Å². The molecule has 0 radical (unpaired) electrons. The lowest BCUT2D eigenvalue weighted by Crippen LogP contribution is -2.47. The molecule has 8 nitrogen and oxygen atoms in total. The lowest BCUT2D eigenvalue weighted by Gasteiger charge is -2.38. The lowest BCUT2D eigenvalue weighted by molar-refractivity contribution is -0.136. The first kappa shape index (κ1) is 20.1. The van der Waals surface area contributed by atoms with Gasteiger partial charge in [-0.1, -0.05) is 6.07 Å². The molecule has 0 spiro atoms. The number of nitrogens with two attached hydrogens (primary N) is 2. The highest BCUT2D eigenvalue weighted by atomic mass is 16.2. The van der Waals surface area contributed by atoms with Crippen molar-refractivity contribution in [3.8, 4) is 0 Å². The third kappa shape index (κ3) is 4.22. The molecule has 2 aliphatic heterocycles. The zero-order valence-corrected chi connectivity index (χ0v) is 17.0. The molecule has 2 aromatic rings.